The molecule has 0 bridgehead atoms. The molecule has 1 aromatic rings. The highest BCUT2D eigenvalue weighted by atomic mass is 32.1. The van der Waals surface area contributed by atoms with Gasteiger partial charge in [-0.3, -0.25) is 9.89 Å². The molecule has 0 saturated carbocycles. The van der Waals surface area contributed by atoms with Crippen LogP contribution in [-0.2, 0) is 11.2 Å². The molecule has 2 rings (SSSR count). The summed E-state index contributed by atoms with van der Waals surface area (Å²) in [5, 5.41) is 10.2. The summed E-state index contributed by atoms with van der Waals surface area (Å²) in [5.74, 6) is 1.49. The van der Waals surface area contributed by atoms with Crippen molar-refractivity contribution >= 4 is 17.3 Å². The van der Waals surface area contributed by atoms with Crippen molar-refractivity contribution in [2.24, 2.45) is 10.9 Å². The highest BCUT2D eigenvalue weighted by molar-refractivity contribution is 7.09. The molecule has 0 aliphatic carbocycles. The fourth-order valence-electron chi connectivity index (χ4n) is 3.15. The topological polar surface area (TPSA) is 61.8 Å². The lowest BCUT2D eigenvalue weighted by Crippen LogP contribution is -2.48. The Labute approximate surface area is 162 Å². The Balaban J connectivity index is 1.81. The van der Waals surface area contributed by atoms with Gasteiger partial charge in [0.1, 0.15) is 0 Å². The van der Waals surface area contributed by atoms with Gasteiger partial charge in [-0.25, -0.2) is 4.98 Å². The van der Waals surface area contributed by atoms with E-state index in [1.165, 1.54) is 5.01 Å². The SMILES string of the molecule is CCNC(=NCC(C(C)C)N1CCOCC1)NCCCc1nc(C)cs1. The van der Waals surface area contributed by atoms with Gasteiger partial charge in [-0.1, -0.05) is 13.8 Å². The maximum atomic E-state index is 5.49. The van der Waals surface area contributed by atoms with Crippen LogP contribution in [0.5, 0.6) is 0 Å². The molecule has 1 unspecified atom stereocenters. The number of nitrogens with one attached hydrogen (secondary N) is 2. The summed E-state index contributed by atoms with van der Waals surface area (Å²) in [7, 11) is 0. The van der Waals surface area contributed by atoms with Gasteiger partial charge < -0.3 is 15.4 Å². The van der Waals surface area contributed by atoms with Gasteiger partial charge in [0.15, 0.2) is 5.96 Å². The van der Waals surface area contributed by atoms with Crippen molar-refractivity contribution < 1.29 is 4.74 Å². The normalized spacial score (nSPS) is 17.5. The molecular formula is C19H35N5OS. The number of hydrogen-bond acceptors (Lipinski definition) is 5. The highest BCUT2D eigenvalue weighted by Crippen LogP contribution is 2.13. The second kappa shape index (κ2) is 11.5. The molecule has 1 aliphatic heterocycles. The Hall–Kier alpha value is -1.18. The molecule has 0 amide bonds. The first-order chi connectivity index (χ1) is 12.6. The van der Waals surface area contributed by atoms with Gasteiger partial charge in [-0.05, 0) is 26.2 Å². The summed E-state index contributed by atoms with van der Waals surface area (Å²) in [6, 6.07) is 0.465. The Kier molecular flexibility index (Phi) is 9.36. The van der Waals surface area contributed by atoms with Crippen molar-refractivity contribution in [3.8, 4) is 0 Å². The molecule has 0 aromatic carbocycles. The van der Waals surface area contributed by atoms with Crippen molar-refractivity contribution in [2.75, 3.05) is 45.9 Å². The molecule has 26 heavy (non-hydrogen) atoms. The van der Waals surface area contributed by atoms with Gasteiger partial charge in [-0.15, -0.1) is 11.3 Å². The average Bonchev–Trinajstić information content (AvgIpc) is 3.04. The Morgan fingerprint density at radius 3 is 2.73 bits per heavy atom. The zero-order valence-electron chi connectivity index (χ0n) is 16.8. The van der Waals surface area contributed by atoms with E-state index in [0.717, 1.165) is 70.4 Å². The number of aromatic nitrogens is 1. The zero-order valence-corrected chi connectivity index (χ0v) is 17.6. The van der Waals surface area contributed by atoms with Gasteiger partial charge in [0.05, 0.1) is 24.8 Å². The first kappa shape index (κ1) is 21.1. The van der Waals surface area contributed by atoms with Crippen LogP contribution in [0.3, 0.4) is 0 Å². The van der Waals surface area contributed by atoms with Gasteiger partial charge in [0, 0.05) is 49.7 Å². The van der Waals surface area contributed by atoms with Crippen LogP contribution in [0.15, 0.2) is 10.4 Å². The lowest BCUT2D eigenvalue weighted by atomic mass is 10.0. The number of morpholine rings is 1. The number of aryl methyl sites for hydroxylation is 2. The third-order valence-electron chi connectivity index (χ3n) is 4.59. The monoisotopic (exact) mass is 381 g/mol. The summed E-state index contributed by atoms with van der Waals surface area (Å²) < 4.78 is 5.49. The van der Waals surface area contributed by atoms with E-state index in [2.05, 4.69) is 46.7 Å². The van der Waals surface area contributed by atoms with Crippen molar-refractivity contribution in [1.29, 1.82) is 0 Å². The summed E-state index contributed by atoms with van der Waals surface area (Å²) in [6.45, 7) is 15.0. The summed E-state index contributed by atoms with van der Waals surface area (Å²) in [6.07, 6.45) is 2.09. The molecule has 1 aliphatic rings. The standard InChI is InChI=1S/C19H35N5OS/c1-5-20-19(21-8-6-7-18-23-16(4)14-26-18)22-13-17(15(2)3)24-9-11-25-12-10-24/h14-15,17H,5-13H2,1-4H3,(H2,20,21,22). The first-order valence-corrected chi connectivity index (χ1v) is 10.7. The van der Waals surface area contributed by atoms with Crippen molar-refractivity contribution in [2.45, 2.75) is 46.6 Å². The number of nitrogens with zero attached hydrogens (tertiary/aromatic N) is 3. The van der Waals surface area contributed by atoms with Crippen LogP contribution in [0.2, 0.25) is 0 Å². The van der Waals surface area contributed by atoms with Gasteiger partial charge in [-0.2, -0.15) is 0 Å². The minimum absolute atomic E-state index is 0.465. The van der Waals surface area contributed by atoms with Crippen LogP contribution in [0.25, 0.3) is 0 Å². The van der Waals surface area contributed by atoms with Crippen LogP contribution in [0, 0.1) is 12.8 Å². The molecule has 1 fully saturated rings. The van der Waals surface area contributed by atoms with Crippen LogP contribution in [-0.4, -0.2) is 67.8 Å². The molecule has 1 atom stereocenters. The Bertz CT molecular complexity index is 540. The largest absolute Gasteiger partial charge is 0.379 e. The van der Waals surface area contributed by atoms with Gasteiger partial charge in [0.2, 0.25) is 0 Å². The number of rotatable bonds is 9. The van der Waals surface area contributed by atoms with Crippen molar-refractivity contribution in [3.63, 3.8) is 0 Å². The number of ether oxygens (including phenoxy) is 1. The van der Waals surface area contributed by atoms with E-state index >= 15 is 0 Å². The molecule has 0 radical (unpaired) electrons. The molecule has 2 heterocycles. The predicted octanol–water partition coefficient (Wildman–Crippen LogP) is 2.30. The molecule has 148 valence electrons. The number of hydrogen-bond donors (Lipinski definition) is 2. The fraction of sp³-hybridized carbons (Fsp3) is 0.789. The smallest absolute Gasteiger partial charge is 0.191 e. The van der Waals surface area contributed by atoms with Gasteiger partial charge >= 0.3 is 0 Å². The molecule has 6 nitrogen and oxygen atoms in total. The summed E-state index contributed by atoms with van der Waals surface area (Å²) >= 11 is 1.75. The lowest BCUT2D eigenvalue weighted by Gasteiger charge is -2.36. The maximum absolute atomic E-state index is 5.49. The summed E-state index contributed by atoms with van der Waals surface area (Å²) in [4.78, 5) is 11.9. The maximum Gasteiger partial charge on any atom is 0.191 e. The van der Waals surface area contributed by atoms with Crippen LogP contribution in [0.1, 0.15) is 37.9 Å². The third kappa shape index (κ3) is 7.21. The third-order valence-corrected chi connectivity index (χ3v) is 5.62. The Morgan fingerprint density at radius 2 is 2.12 bits per heavy atom. The number of thiazole rings is 1. The molecular weight excluding hydrogens is 346 g/mol. The van der Waals surface area contributed by atoms with E-state index in [9.17, 15) is 0 Å². The quantitative estimate of drug-likeness (QED) is 0.390. The minimum Gasteiger partial charge on any atom is -0.379 e. The Morgan fingerprint density at radius 1 is 1.35 bits per heavy atom. The molecule has 7 heteroatoms. The number of guanidine groups is 1. The van der Waals surface area contributed by atoms with Crippen molar-refractivity contribution in [1.82, 2.24) is 20.5 Å². The second-order valence-electron chi connectivity index (χ2n) is 7.09. The van der Waals surface area contributed by atoms with E-state index in [-0.39, 0.29) is 0 Å². The van der Waals surface area contributed by atoms with E-state index in [0.29, 0.717) is 12.0 Å². The first-order valence-electron chi connectivity index (χ1n) is 9.85. The zero-order chi connectivity index (χ0) is 18.8. The number of aliphatic imine (C=N–C) groups is 1. The van der Waals surface area contributed by atoms with E-state index in [4.69, 9.17) is 9.73 Å². The van der Waals surface area contributed by atoms with Gasteiger partial charge in [0.25, 0.3) is 0 Å². The minimum atomic E-state index is 0.465. The van der Waals surface area contributed by atoms with Crippen LogP contribution >= 0.6 is 11.3 Å². The average molecular weight is 382 g/mol. The molecule has 1 saturated heterocycles. The van der Waals surface area contributed by atoms with Crippen molar-refractivity contribution in [3.05, 3.63) is 16.1 Å². The van der Waals surface area contributed by atoms with E-state index < -0.39 is 0 Å². The fourth-order valence-corrected chi connectivity index (χ4v) is 3.97. The van der Waals surface area contributed by atoms with E-state index in [1.807, 2.05) is 6.92 Å². The predicted molar refractivity (Wildman–Crippen MR) is 110 cm³/mol. The summed E-state index contributed by atoms with van der Waals surface area (Å²) in [5.41, 5.74) is 1.12. The molecule has 1 aromatic heterocycles. The van der Waals surface area contributed by atoms with E-state index in [1.54, 1.807) is 11.3 Å². The highest BCUT2D eigenvalue weighted by Gasteiger charge is 2.23. The molecule has 0 spiro atoms. The molecule has 2 N–H and O–H groups in total. The van der Waals surface area contributed by atoms with Crippen LogP contribution in [0.4, 0.5) is 0 Å². The van der Waals surface area contributed by atoms with Crippen LogP contribution < -0.4 is 10.6 Å². The lowest BCUT2D eigenvalue weighted by molar-refractivity contribution is 0.00867. The second-order valence-corrected chi connectivity index (χ2v) is 8.03.